The number of hydrogen-bond donors (Lipinski definition) is 2. The summed E-state index contributed by atoms with van der Waals surface area (Å²) in [5, 5.41) is 11.4. The zero-order chi connectivity index (χ0) is 22.9. The summed E-state index contributed by atoms with van der Waals surface area (Å²) in [6.45, 7) is 8.51. The Labute approximate surface area is 181 Å². The van der Waals surface area contributed by atoms with E-state index in [0.717, 1.165) is 22.3 Å². The molecule has 1 aromatic heterocycles. The number of allylic oxidation sites excluding steroid dienone is 1. The summed E-state index contributed by atoms with van der Waals surface area (Å²) >= 11 is 0. The fourth-order valence-corrected chi connectivity index (χ4v) is 3.60. The molecule has 0 bridgehead atoms. The number of pyridine rings is 1. The number of aliphatic imine (C=N–C) groups is 1. The number of carboxylic acids is 1. The molecule has 1 aromatic carbocycles. The van der Waals surface area contributed by atoms with Gasteiger partial charge >= 0.3 is 5.97 Å². The highest BCUT2D eigenvalue weighted by Crippen LogP contribution is 2.37. The third-order valence-corrected chi connectivity index (χ3v) is 5.17. The van der Waals surface area contributed by atoms with Crippen molar-refractivity contribution in [1.82, 2.24) is 4.68 Å². The van der Waals surface area contributed by atoms with Gasteiger partial charge in [-0.2, -0.15) is 0 Å². The molecule has 2 aromatic rings. The number of benzene rings is 1. The second kappa shape index (κ2) is 8.67. The molecule has 31 heavy (non-hydrogen) atoms. The van der Waals surface area contributed by atoms with Gasteiger partial charge in [-0.25, -0.2) is 4.79 Å². The molecule has 8 heteroatoms. The molecular formula is C23H28N4O4. The number of nitrogens with zero attached hydrogens (tertiary/aromatic N) is 3. The normalized spacial score (nSPS) is 13.6. The lowest BCUT2D eigenvalue weighted by atomic mass is 9.94. The van der Waals surface area contributed by atoms with Crippen molar-refractivity contribution in [2.24, 2.45) is 10.7 Å². The van der Waals surface area contributed by atoms with Gasteiger partial charge in [0.2, 0.25) is 0 Å². The molecule has 0 spiro atoms. The predicted octanol–water partition coefficient (Wildman–Crippen LogP) is 2.86. The summed E-state index contributed by atoms with van der Waals surface area (Å²) in [6.07, 6.45) is 4.62. The van der Waals surface area contributed by atoms with Crippen LogP contribution < -0.4 is 20.9 Å². The molecular weight excluding hydrogens is 396 g/mol. The zero-order valence-corrected chi connectivity index (χ0v) is 18.4. The molecule has 1 aliphatic rings. The molecule has 3 N–H and O–H groups in total. The average molecular weight is 425 g/mol. The highest BCUT2D eigenvalue weighted by atomic mass is 16.5. The van der Waals surface area contributed by atoms with Crippen LogP contribution in [0, 0.1) is 0 Å². The van der Waals surface area contributed by atoms with E-state index >= 15 is 0 Å². The molecule has 0 unspecified atom stereocenters. The minimum Gasteiger partial charge on any atom is -0.496 e. The Morgan fingerprint density at radius 3 is 2.48 bits per heavy atom. The van der Waals surface area contributed by atoms with Crippen molar-refractivity contribution in [3.63, 3.8) is 0 Å². The van der Waals surface area contributed by atoms with Crippen LogP contribution in [-0.2, 0) is 6.54 Å². The van der Waals surface area contributed by atoms with E-state index < -0.39 is 11.4 Å². The Balaban J connectivity index is 2.26. The van der Waals surface area contributed by atoms with Gasteiger partial charge in [0.15, 0.2) is 5.43 Å². The van der Waals surface area contributed by atoms with Crippen LogP contribution in [0.1, 0.15) is 49.2 Å². The molecule has 0 fully saturated rings. The fraction of sp³-hybridized carbons (Fsp3) is 0.348. The molecule has 0 radical (unpaired) electrons. The van der Waals surface area contributed by atoms with Crippen molar-refractivity contribution in [2.45, 2.75) is 46.3 Å². The maximum atomic E-state index is 12.5. The summed E-state index contributed by atoms with van der Waals surface area (Å²) < 4.78 is 7.38. The number of carboxylic acid groups (broad SMARTS) is 1. The van der Waals surface area contributed by atoms with Crippen molar-refractivity contribution in [2.75, 3.05) is 12.1 Å². The van der Waals surface area contributed by atoms with E-state index in [2.05, 4.69) is 4.99 Å². The topological polar surface area (TPSA) is 110 Å². The first-order valence-electron chi connectivity index (χ1n) is 10.1. The first-order chi connectivity index (χ1) is 14.7. The molecule has 0 atom stereocenters. The standard InChI is InChI=1S/C23H28N4O4/c1-13(2)25-10-16(9-24)18-6-15-11-26(14(3)4)27-12-19(23(29)30)21(28)8-20(27)17(15)7-22(18)31-5/h6-10,12-14H,11,24H2,1-5H3,(H,29,30). The van der Waals surface area contributed by atoms with E-state index in [0.29, 0.717) is 18.0 Å². The lowest BCUT2D eigenvalue weighted by Gasteiger charge is -2.38. The fourth-order valence-electron chi connectivity index (χ4n) is 3.60. The average Bonchev–Trinajstić information content (AvgIpc) is 2.72. The van der Waals surface area contributed by atoms with Crippen LogP contribution in [0.4, 0.5) is 0 Å². The van der Waals surface area contributed by atoms with E-state index in [1.54, 1.807) is 18.0 Å². The molecule has 2 heterocycles. The number of hydrogen-bond acceptors (Lipinski definition) is 6. The first kappa shape index (κ1) is 22.1. The van der Waals surface area contributed by atoms with Crippen molar-refractivity contribution in [1.29, 1.82) is 0 Å². The predicted molar refractivity (Wildman–Crippen MR) is 122 cm³/mol. The number of ether oxygens (including phenoxy) is 1. The van der Waals surface area contributed by atoms with Gasteiger partial charge in [-0.15, -0.1) is 0 Å². The van der Waals surface area contributed by atoms with E-state index in [1.165, 1.54) is 18.5 Å². The van der Waals surface area contributed by atoms with E-state index in [9.17, 15) is 14.7 Å². The minimum absolute atomic E-state index is 0.0635. The van der Waals surface area contributed by atoms with Crippen LogP contribution in [0.5, 0.6) is 5.75 Å². The number of aromatic carboxylic acids is 1. The maximum Gasteiger partial charge on any atom is 0.341 e. The van der Waals surface area contributed by atoms with Gasteiger partial charge in [0.05, 0.1) is 19.3 Å². The van der Waals surface area contributed by atoms with Crippen LogP contribution in [0.2, 0.25) is 0 Å². The van der Waals surface area contributed by atoms with E-state index in [1.807, 2.05) is 44.8 Å². The van der Waals surface area contributed by atoms with Crippen LogP contribution in [0.15, 0.2) is 40.4 Å². The lowest BCUT2D eigenvalue weighted by molar-refractivity contribution is 0.0694. The van der Waals surface area contributed by atoms with Crippen LogP contribution in [0.25, 0.3) is 16.8 Å². The van der Waals surface area contributed by atoms with Gasteiger partial charge in [-0.3, -0.25) is 14.5 Å². The van der Waals surface area contributed by atoms with Gasteiger partial charge in [0.1, 0.15) is 11.3 Å². The van der Waals surface area contributed by atoms with Crippen LogP contribution >= 0.6 is 0 Å². The lowest BCUT2D eigenvalue weighted by Crippen LogP contribution is -2.44. The van der Waals surface area contributed by atoms with Gasteiger partial charge < -0.3 is 20.6 Å². The van der Waals surface area contributed by atoms with Crippen LogP contribution in [0.3, 0.4) is 0 Å². The third kappa shape index (κ3) is 4.19. The molecule has 164 valence electrons. The Morgan fingerprint density at radius 2 is 1.94 bits per heavy atom. The van der Waals surface area contributed by atoms with Gasteiger partial charge in [-0.05, 0) is 45.4 Å². The summed E-state index contributed by atoms with van der Waals surface area (Å²) in [7, 11) is 1.57. The molecule has 1 aliphatic heterocycles. The highest BCUT2D eigenvalue weighted by Gasteiger charge is 2.27. The van der Waals surface area contributed by atoms with E-state index in [-0.39, 0.29) is 17.6 Å². The van der Waals surface area contributed by atoms with Gasteiger partial charge in [0, 0.05) is 53.5 Å². The molecule has 0 aliphatic carbocycles. The molecule has 8 nitrogen and oxygen atoms in total. The van der Waals surface area contributed by atoms with Gasteiger partial charge in [0.25, 0.3) is 0 Å². The minimum atomic E-state index is -1.25. The zero-order valence-electron chi connectivity index (χ0n) is 18.4. The Hall–Kier alpha value is -3.55. The quantitative estimate of drug-likeness (QED) is 0.690. The molecule has 0 saturated carbocycles. The molecule has 0 saturated heterocycles. The number of rotatable bonds is 6. The second-order valence-corrected chi connectivity index (χ2v) is 7.98. The van der Waals surface area contributed by atoms with E-state index in [4.69, 9.17) is 10.5 Å². The van der Waals surface area contributed by atoms with Crippen molar-refractivity contribution < 1.29 is 14.6 Å². The van der Waals surface area contributed by atoms with Gasteiger partial charge in [-0.1, -0.05) is 0 Å². The number of carbonyl (C=O) groups is 1. The number of aromatic nitrogens is 1. The molecule has 0 amide bonds. The number of methoxy groups -OCH3 is 1. The Morgan fingerprint density at radius 1 is 1.23 bits per heavy atom. The number of nitrogens with two attached hydrogens (primary N) is 1. The SMILES string of the molecule is COc1cc2c(cc1C(C=NC(C)C)=CN)CN(C(C)C)n1cc(C(=O)O)c(=O)cc1-2. The van der Waals surface area contributed by atoms with Crippen molar-refractivity contribution in [3.8, 4) is 17.0 Å². The first-order valence-corrected chi connectivity index (χ1v) is 10.1. The summed E-state index contributed by atoms with van der Waals surface area (Å²) in [5.41, 5.74) is 9.02. The van der Waals surface area contributed by atoms with Crippen LogP contribution in [-0.4, -0.2) is 41.2 Å². The summed E-state index contributed by atoms with van der Waals surface area (Å²) in [4.78, 5) is 28.4. The smallest absolute Gasteiger partial charge is 0.341 e. The molecule has 3 rings (SSSR count). The summed E-state index contributed by atoms with van der Waals surface area (Å²) in [5.74, 6) is -0.658. The largest absolute Gasteiger partial charge is 0.496 e. The summed E-state index contributed by atoms with van der Waals surface area (Å²) in [6, 6.07) is 5.41. The highest BCUT2D eigenvalue weighted by molar-refractivity contribution is 6.11. The Kier molecular flexibility index (Phi) is 6.19. The maximum absolute atomic E-state index is 12.5. The Bertz CT molecular complexity index is 1130. The number of fused-ring (bicyclic) bond motifs is 3. The monoisotopic (exact) mass is 424 g/mol. The second-order valence-electron chi connectivity index (χ2n) is 7.98. The van der Waals surface area contributed by atoms with Crippen molar-refractivity contribution >= 4 is 17.8 Å². The third-order valence-electron chi connectivity index (χ3n) is 5.17. The van der Waals surface area contributed by atoms with Crippen molar-refractivity contribution in [3.05, 3.63) is 57.5 Å².